The number of nitrogens with one attached hydrogen (secondary N) is 2. The zero-order valence-corrected chi connectivity index (χ0v) is 12.2. The van der Waals surface area contributed by atoms with Gasteiger partial charge in [0.25, 0.3) is 0 Å². The van der Waals surface area contributed by atoms with Crippen molar-refractivity contribution in [2.45, 2.75) is 52.0 Å². The Morgan fingerprint density at radius 3 is 2.68 bits per heavy atom. The van der Waals surface area contributed by atoms with E-state index >= 15 is 0 Å². The summed E-state index contributed by atoms with van der Waals surface area (Å²) in [5, 5.41) is 15.1. The van der Waals surface area contributed by atoms with Crippen LogP contribution in [-0.4, -0.2) is 35.6 Å². The van der Waals surface area contributed by atoms with E-state index in [9.17, 15) is 9.59 Å². The second-order valence-electron chi connectivity index (χ2n) is 5.83. The second kappa shape index (κ2) is 6.89. The molecule has 0 spiro atoms. The summed E-state index contributed by atoms with van der Waals surface area (Å²) < 4.78 is 0. The first-order chi connectivity index (χ1) is 8.89. The zero-order chi connectivity index (χ0) is 14.5. The highest BCUT2D eigenvalue weighted by atomic mass is 16.4. The van der Waals surface area contributed by atoms with Crippen molar-refractivity contribution in [1.29, 1.82) is 0 Å². The predicted molar refractivity (Wildman–Crippen MR) is 73.8 cm³/mol. The van der Waals surface area contributed by atoms with Gasteiger partial charge in [-0.1, -0.05) is 13.8 Å². The molecule has 0 saturated carbocycles. The van der Waals surface area contributed by atoms with E-state index in [1.807, 2.05) is 0 Å². The highest BCUT2D eigenvalue weighted by Gasteiger charge is 2.33. The van der Waals surface area contributed by atoms with Crippen LogP contribution in [0.2, 0.25) is 0 Å². The third-order valence-electron chi connectivity index (χ3n) is 4.24. The van der Waals surface area contributed by atoms with Crippen molar-refractivity contribution < 1.29 is 14.7 Å². The summed E-state index contributed by atoms with van der Waals surface area (Å²) in [6.45, 7) is 7.41. The monoisotopic (exact) mass is 270 g/mol. The minimum atomic E-state index is -1.15. The Labute approximate surface area is 115 Å². The molecule has 0 aromatic heterocycles. The Kier molecular flexibility index (Phi) is 5.79. The summed E-state index contributed by atoms with van der Waals surface area (Å²) >= 11 is 0. The van der Waals surface area contributed by atoms with Gasteiger partial charge in [0.2, 0.25) is 5.91 Å². The molecule has 1 amide bonds. The van der Waals surface area contributed by atoms with Gasteiger partial charge < -0.3 is 15.7 Å². The normalized spacial score (nSPS) is 24.3. The molecule has 1 aliphatic rings. The number of carbonyl (C=O) groups is 2. The lowest BCUT2D eigenvalue weighted by Gasteiger charge is -2.30. The molecule has 3 atom stereocenters. The molecule has 0 bridgehead atoms. The van der Waals surface area contributed by atoms with Gasteiger partial charge in [0.1, 0.15) is 5.54 Å². The van der Waals surface area contributed by atoms with Crippen molar-refractivity contribution in [3.05, 3.63) is 0 Å². The SMILES string of the molecule is CCC(C)(NC(=O)CC(C)C1CCCNC1)C(=O)O. The van der Waals surface area contributed by atoms with Gasteiger partial charge in [-0.15, -0.1) is 0 Å². The molecule has 0 radical (unpaired) electrons. The molecule has 1 rings (SSSR count). The number of carboxylic acid groups (broad SMARTS) is 1. The molecular weight excluding hydrogens is 244 g/mol. The standard InChI is InChI=1S/C14H26N2O3/c1-4-14(3,13(18)19)16-12(17)8-10(2)11-6-5-7-15-9-11/h10-11,15H,4-9H2,1-3H3,(H,16,17)(H,18,19). The molecule has 1 aliphatic heterocycles. The van der Waals surface area contributed by atoms with E-state index in [0.29, 0.717) is 18.8 Å². The fraction of sp³-hybridized carbons (Fsp3) is 0.857. The maximum Gasteiger partial charge on any atom is 0.329 e. The molecule has 3 unspecified atom stereocenters. The van der Waals surface area contributed by atoms with Gasteiger partial charge in [-0.3, -0.25) is 4.79 Å². The first kappa shape index (κ1) is 16.0. The Balaban J connectivity index is 2.47. The molecule has 1 saturated heterocycles. The molecule has 0 aliphatic carbocycles. The van der Waals surface area contributed by atoms with Crippen LogP contribution in [-0.2, 0) is 9.59 Å². The number of rotatable bonds is 6. The van der Waals surface area contributed by atoms with E-state index in [0.717, 1.165) is 25.9 Å². The maximum absolute atomic E-state index is 12.0. The van der Waals surface area contributed by atoms with E-state index in [-0.39, 0.29) is 11.8 Å². The number of amides is 1. The minimum absolute atomic E-state index is 0.162. The van der Waals surface area contributed by atoms with E-state index in [1.54, 1.807) is 13.8 Å². The van der Waals surface area contributed by atoms with Crippen LogP contribution in [0.25, 0.3) is 0 Å². The molecular formula is C14H26N2O3. The Morgan fingerprint density at radius 1 is 1.53 bits per heavy atom. The fourth-order valence-electron chi connectivity index (χ4n) is 2.48. The van der Waals surface area contributed by atoms with Gasteiger partial charge in [-0.05, 0) is 51.1 Å². The van der Waals surface area contributed by atoms with Crippen molar-refractivity contribution >= 4 is 11.9 Å². The molecule has 110 valence electrons. The number of aliphatic carboxylic acids is 1. The molecule has 0 aromatic carbocycles. The summed E-state index contributed by atoms with van der Waals surface area (Å²) in [6, 6.07) is 0. The third-order valence-corrected chi connectivity index (χ3v) is 4.24. The van der Waals surface area contributed by atoms with Gasteiger partial charge in [-0.25, -0.2) is 4.79 Å². The first-order valence-corrected chi connectivity index (χ1v) is 7.14. The van der Waals surface area contributed by atoms with Crippen molar-refractivity contribution in [2.75, 3.05) is 13.1 Å². The van der Waals surface area contributed by atoms with E-state index in [1.165, 1.54) is 0 Å². The van der Waals surface area contributed by atoms with Gasteiger partial charge in [-0.2, -0.15) is 0 Å². The smallest absolute Gasteiger partial charge is 0.329 e. The average Bonchev–Trinajstić information content (AvgIpc) is 2.39. The molecule has 1 heterocycles. The van der Waals surface area contributed by atoms with Crippen LogP contribution in [0.4, 0.5) is 0 Å². The highest BCUT2D eigenvalue weighted by Crippen LogP contribution is 2.23. The fourth-order valence-corrected chi connectivity index (χ4v) is 2.48. The van der Waals surface area contributed by atoms with E-state index < -0.39 is 11.5 Å². The van der Waals surface area contributed by atoms with Crippen LogP contribution in [0, 0.1) is 11.8 Å². The lowest BCUT2D eigenvalue weighted by molar-refractivity contribution is -0.147. The Morgan fingerprint density at radius 2 is 2.21 bits per heavy atom. The summed E-state index contributed by atoms with van der Waals surface area (Å²) in [7, 11) is 0. The number of hydrogen-bond acceptors (Lipinski definition) is 3. The van der Waals surface area contributed by atoms with Crippen molar-refractivity contribution in [3.63, 3.8) is 0 Å². The van der Waals surface area contributed by atoms with E-state index in [4.69, 9.17) is 5.11 Å². The molecule has 19 heavy (non-hydrogen) atoms. The average molecular weight is 270 g/mol. The molecule has 5 heteroatoms. The Hall–Kier alpha value is -1.10. The summed E-state index contributed by atoms with van der Waals surface area (Å²) in [4.78, 5) is 23.1. The summed E-state index contributed by atoms with van der Waals surface area (Å²) in [6.07, 6.45) is 3.08. The molecule has 1 fully saturated rings. The first-order valence-electron chi connectivity index (χ1n) is 7.14. The van der Waals surface area contributed by atoms with Crippen molar-refractivity contribution in [3.8, 4) is 0 Å². The lowest BCUT2D eigenvalue weighted by atomic mass is 9.85. The second-order valence-corrected chi connectivity index (χ2v) is 5.83. The van der Waals surface area contributed by atoms with Crippen LogP contribution in [0.1, 0.15) is 46.5 Å². The largest absolute Gasteiger partial charge is 0.480 e. The van der Waals surface area contributed by atoms with Crippen LogP contribution in [0.3, 0.4) is 0 Å². The van der Waals surface area contributed by atoms with Crippen LogP contribution < -0.4 is 10.6 Å². The topological polar surface area (TPSA) is 78.4 Å². The van der Waals surface area contributed by atoms with Crippen molar-refractivity contribution in [1.82, 2.24) is 10.6 Å². The lowest BCUT2D eigenvalue weighted by Crippen LogP contribution is -2.52. The van der Waals surface area contributed by atoms with Crippen LogP contribution in [0.5, 0.6) is 0 Å². The molecule has 5 nitrogen and oxygen atoms in total. The van der Waals surface area contributed by atoms with E-state index in [2.05, 4.69) is 17.6 Å². The molecule has 3 N–H and O–H groups in total. The van der Waals surface area contributed by atoms with Gasteiger partial charge in [0.15, 0.2) is 0 Å². The third kappa shape index (κ3) is 4.49. The van der Waals surface area contributed by atoms with Crippen LogP contribution in [0.15, 0.2) is 0 Å². The number of carboxylic acids is 1. The van der Waals surface area contributed by atoms with Gasteiger partial charge >= 0.3 is 5.97 Å². The molecule has 0 aromatic rings. The van der Waals surface area contributed by atoms with Gasteiger partial charge in [0, 0.05) is 6.42 Å². The zero-order valence-electron chi connectivity index (χ0n) is 12.2. The number of piperidine rings is 1. The highest BCUT2D eigenvalue weighted by molar-refractivity contribution is 5.86. The maximum atomic E-state index is 12.0. The Bertz CT molecular complexity index is 327. The van der Waals surface area contributed by atoms with Gasteiger partial charge in [0.05, 0.1) is 0 Å². The van der Waals surface area contributed by atoms with Crippen molar-refractivity contribution in [2.24, 2.45) is 11.8 Å². The quantitative estimate of drug-likeness (QED) is 0.681. The summed E-state index contributed by atoms with van der Waals surface area (Å²) in [5.74, 6) is -0.347. The number of hydrogen-bond donors (Lipinski definition) is 3. The van der Waals surface area contributed by atoms with Crippen LogP contribution >= 0.6 is 0 Å². The minimum Gasteiger partial charge on any atom is -0.480 e. The summed E-state index contributed by atoms with van der Waals surface area (Å²) in [5.41, 5.74) is -1.15. The number of carbonyl (C=O) groups excluding carboxylic acids is 1. The predicted octanol–water partition coefficient (Wildman–Crippen LogP) is 1.38.